The zero-order valence-electron chi connectivity index (χ0n) is 10.4. The molecule has 0 aliphatic heterocycles. The summed E-state index contributed by atoms with van der Waals surface area (Å²) >= 11 is 7.94. The molecular weight excluding hydrogens is 268 g/mol. The molecule has 2 rings (SSSR count). The smallest absolute Gasteiger partial charge is 0.226 e. The summed E-state index contributed by atoms with van der Waals surface area (Å²) in [5, 5.41) is 5.91. The number of halogens is 1. The molecule has 0 saturated heterocycles. The number of hydrogen-bond donors (Lipinski definition) is 0. The van der Waals surface area contributed by atoms with Crippen LogP contribution in [0.2, 0.25) is 0 Å². The summed E-state index contributed by atoms with van der Waals surface area (Å²) < 4.78 is 5.21. The van der Waals surface area contributed by atoms with Crippen LogP contribution in [-0.4, -0.2) is 10.1 Å². The number of aryl methyl sites for hydroxylation is 2. The maximum Gasteiger partial charge on any atom is 0.226 e. The van der Waals surface area contributed by atoms with Crippen molar-refractivity contribution in [1.29, 1.82) is 0 Å². The Morgan fingerprint density at radius 3 is 3.06 bits per heavy atom. The lowest BCUT2D eigenvalue weighted by atomic mass is 10.2. The van der Waals surface area contributed by atoms with Crippen molar-refractivity contribution in [2.75, 3.05) is 0 Å². The van der Waals surface area contributed by atoms with Crippen molar-refractivity contribution < 1.29 is 4.52 Å². The van der Waals surface area contributed by atoms with Gasteiger partial charge >= 0.3 is 0 Å². The number of rotatable bonds is 7. The van der Waals surface area contributed by atoms with E-state index >= 15 is 0 Å². The van der Waals surface area contributed by atoms with Crippen LogP contribution in [0.5, 0.6) is 0 Å². The highest BCUT2D eigenvalue weighted by Gasteiger charge is 2.14. The van der Waals surface area contributed by atoms with Gasteiger partial charge in [0.05, 0.1) is 5.38 Å². The van der Waals surface area contributed by atoms with Gasteiger partial charge in [-0.3, -0.25) is 0 Å². The van der Waals surface area contributed by atoms with Crippen LogP contribution in [0.3, 0.4) is 0 Å². The normalized spacial score (nSPS) is 12.8. The Balaban J connectivity index is 1.79. The van der Waals surface area contributed by atoms with E-state index in [4.69, 9.17) is 16.1 Å². The van der Waals surface area contributed by atoms with E-state index in [-0.39, 0.29) is 5.38 Å². The summed E-state index contributed by atoms with van der Waals surface area (Å²) in [5.74, 6) is 1.33. The predicted octanol–water partition coefficient (Wildman–Crippen LogP) is 4.39. The molecule has 2 aromatic rings. The van der Waals surface area contributed by atoms with Gasteiger partial charge in [-0.25, -0.2) is 0 Å². The van der Waals surface area contributed by atoms with Crippen molar-refractivity contribution in [3.05, 3.63) is 34.1 Å². The largest absolute Gasteiger partial charge is 0.339 e. The topological polar surface area (TPSA) is 38.9 Å². The van der Waals surface area contributed by atoms with Crippen molar-refractivity contribution in [2.24, 2.45) is 0 Å². The molecule has 0 saturated carbocycles. The van der Waals surface area contributed by atoms with Gasteiger partial charge in [-0.2, -0.15) is 4.98 Å². The molecule has 0 fully saturated rings. The van der Waals surface area contributed by atoms with Crippen LogP contribution in [0.15, 0.2) is 22.0 Å². The van der Waals surface area contributed by atoms with Gasteiger partial charge in [0.15, 0.2) is 5.82 Å². The first-order chi connectivity index (χ1) is 8.79. The summed E-state index contributed by atoms with van der Waals surface area (Å²) in [5.41, 5.74) is 0. The van der Waals surface area contributed by atoms with Crippen LogP contribution in [0.1, 0.15) is 48.2 Å². The Morgan fingerprint density at radius 2 is 2.33 bits per heavy atom. The average molecular weight is 285 g/mol. The lowest BCUT2D eigenvalue weighted by Crippen LogP contribution is -1.94. The first-order valence-corrected chi connectivity index (χ1v) is 7.60. The van der Waals surface area contributed by atoms with E-state index in [0.717, 1.165) is 32.1 Å². The third kappa shape index (κ3) is 3.82. The molecule has 5 heteroatoms. The zero-order chi connectivity index (χ0) is 12.8. The summed E-state index contributed by atoms with van der Waals surface area (Å²) in [6.07, 6.45) is 4.82. The van der Waals surface area contributed by atoms with Gasteiger partial charge < -0.3 is 4.52 Å². The van der Waals surface area contributed by atoms with E-state index in [1.54, 1.807) is 11.3 Å². The van der Waals surface area contributed by atoms with Crippen molar-refractivity contribution >= 4 is 22.9 Å². The first-order valence-electron chi connectivity index (χ1n) is 6.28. The minimum atomic E-state index is -0.121. The quantitative estimate of drug-likeness (QED) is 0.708. The van der Waals surface area contributed by atoms with Gasteiger partial charge in [-0.05, 0) is 30.7 Å². The van der Waals surface area contributed by atoms with Crippen LogP contribution in [-0.2, 0) is 12.8 Å². The number of nitrogens with zero attached hydrogens (tertiary/aromatic N) is 2. The van der Waals surface area contributed by atoms with E-state index in [1.165, 1.54) is 4.88 Å². The van der Waals surface area contributed by atoms with Gasteiger partial charge in [-0.15, -0.1) is 22.9 Å². The standard InChI is InChI=1S/C13H17ClN2OS/c1-2-5-11(14)13-15-12(17-16-13)8-3-6-10-7-4-9-18-10/h4,7,9,11H,2-3,5-6,8H2,1H3. The molecule has 2 aromatic heterocycles. The van der Waals surface area contributed by atoms with E-state index < -0.39 is 0 Å². The minimum Gasteiger partial charge on any atom is -0.339 e. The van der Waals surface area contributed by atoms with Gasteiger partial charge in [0.1, 0.15) is 0 Å². The molecule has 0 spiro atoms. The second-order valence-corrected chi connectivity index (χ2v) is 5.79. The Bertz CT molecular complexity index is 455. The number of thiophene rings is 1. The second kappa shape index (κ2) is 6.90. The highest BCUT2D eigenvalue weighted by Crippen LogP contribution is 2.23. The van der Waals surface area contributed by atoms with Crippen molar-refractivity contribution in [2.45, 2.75) is 44.4 Å². The zero-order valence-corrected chi connectivity index (χ0v) is 12.0. The second-order valence-electron chi connectivity index (χ2n) is 4.24. The van der Waals surface area contributed by atoms with Gasteiger partial charge in [0, 0.05) is 11.3 Å². The molecule has 0 aliphatic carbocycles. The summed E-state index contributed by atoms with van der Waals surface area (Å²) in [7, 11) is 0. The molecule has 1 atom stereocenters. The molecule has 18 heavy (non-hydrogen) atoms. The van der Waals surface area contributed by atoms with Crippen molar-refractivity contribution in [1.82, 2.24) is 10.1 Å². The van der Waals surface area contributed by atoms with Crippen LogP contribution in [0.25, 0.3) is 0 Å². The molecule has 0 radical (unpaired) electrons. The maximum absolute atomic E-state index is 6.15. The highest BCUT2D eigenvalue weighted by molar-refractivity contribution is 7.09. The molecule has 1 unspecified atom stereocenters. The predicted molar refractivity (Wildman–Crippen MR) is 74.1 cm³/mol. The van der Waals surface area contributed by atoms with Gasteiger partial charge in [-0.1, -0.05) is 24.6 Å². The van der Waals surface area contributed by atoms with Crippen LogP contribution < -0.4 is 0 Å². The molecule has 98 valence electrons. The Hall–Kier alpha value is -0.870. The molecule has 2 heterocycles. The third-order valence-electron chi connectivity index (χ3n) is 2.70. The van der Waals surface area contributed by atoms with E-state index in [0.29, 0.717) is 11.7 Å². The molecule has 0 N–H and O–H groups in total. The lowest BCUT2D eigenvalue weighted by molar-refractivity contribution is 0.369. The summed E-state index contributed by atoms with van der Waals surface area (Å²) in [6, 6.07) is 4.23. The number of hydrogen-bond acceptors (Lipinski definition) is 4. The van der Waals surface area contributed by atoms with E-state index in [1.807, 2.05) is 0 Å². The third-order valence-corrected chi connectivity index (χ3v) is 4.05. The van der Waals surface area contributed by atoms with Crippen LogP contribution in [0, 0.1) is 0 Å². The van der Waals surface area contributed by atoms with E-state index in [9.17, 15) is 0 Å². The fraction of sp³-hybridized carbons (Fsp3) is 0.538. The van der Waals surface area contributed by atoms with Crippen LogP contribution in [0.4, 0.5) is 0 Å². The summed E-state index contributed by atoms with van der Waals surface area (Å²) in [6.45, 7) is 2.09. The van der Waals surface area contributed by atoms with Crippen molar-refractivity contribution in [3.8, 4) is 0 Å². The monoisotopic (exact) mass is 284 g/mol. The molecule has 0 aromatic carbocycles. The first kappa shape index (κ1) is 13.6. The average Bonchev–Trinajstić information content (AvgIpc) is 3.00. The fourth-order valence-electron chi connectivity index (χ4n) is 1.75. The fourth-order valence-corrected chi connectivity index (χ4v) is 2.81. The molecular formula is C13H17ClN2OS. The van der Waals surface area contributed by atoms with E-state index in [2.05, 4.69) is 34.6 Å². The molecule has 3 nitrogen and oxygen atoms in total. The Morgan fingerprint density at radius 1 is 1.44 bits per heavy atom. The lowest BCUT2D eigenvalue weighted by Gasteiger charge is -1.99. The highest BCUT2D eigenvalue weighted by atomic mass is 35.5. The Labute approximate surface area is 116 Å². The maximum atomic E-state index is 6.15. The SMILES string of the molecule is CCCC(Cl)c1noc(CCCc2cccs2)n1. The Kier molecular flexibility index (Phi) is 5.20. The molecule has 0 amide bonds. The van der Waals surface area contributed by atoms with Crippen molar-refractivity contribution in [3.63, 3.8) is 0 Å². The number of alkyl halides is 1. The van der Waals surface area contributed by atoms with Gasteiger partial charge in [0.2, 0.25) is 5.89 Å². The number of aromatic nitrogens is 2. The molecule has 0 bridgehead atoms. The summed E-state index contributed by atoms with van der Waals surface area (Å²) in [4.78, 5) is 5.74. The molecule has 0 aliphatic rings. The van der Waals surface area contributed by atoms with Crippen LogP contribution >= 0.6 is 22.9 Å². The minimum absolute atomic E-state index is 0.121. The van der Waals surface area contributed by atoms with Gasteiger partial charge in [0.25, 0.3) is 0 Å².